The number of nitrogens with zero attached hydrogens (tertiary/aromatic N) is 2. The standard InChI is InChI=1S/C19H30N2/c1-3-4-9-16(2)21-14-18-12-8-13-20(18)15-19(21)17-10-6-5-7-11-17/h5-7,10-11,16,18-19H,3-4,8-9,12-15H2,1-2H3. The van der Waals surface area contributed by atoms with Crippen LogP contribution in [0.2, 0.25) is 0 Å². The van der Waals surface area contributed by atoms with E-state index in [4.69, 9.17) is 0 Å². The monoisotopic (exact) mass is 286 g/mol. The lowest BCUT2D eigenvalue weighted by molar-refractivity contribution is 0.0210. The predicted molar refractivity (Wildman–Crippen MR) is 89.5 cm³/mol. The minimum Gasteiger partial charge on any atom is -0.297 e. The van der Waals surface area contributed by atoms with Crippen molar-refractivity contribution in [1.29, 1.82) is 0 Å². The summed E-state index contributed by atoms with van der Waals surface area (Å²) in [6, 6.07) is 13.3. The van der Waals surface area contributed by atoms with Gasteiger partial charge in [-0.2, -0.15) is 0 Å². The summed E-state index contributed by atoms with van der Waals surface area (Å²) in [7, 11) is 0. The molecule has 2 saturated heterocycles. The number of benzene rings is 1. The summed E-state index contributed by atoms with van der Waals surface area (Å²) < 4.78 is 0. The lowest BCUT2D eigenvalue weighted by Crippen LogP contribution is -2.54. The summed E-state index contributed by atoms with van der Waals surface area (Å²) in [5.74, 6) is 0. The highest BCUT2D eigenvalue weighted by Gasteiger charge is 2.38. The van der Waals surface area contributed by atoms with Gasteiger partial charge in [0.25, 0.3) is 0 Å². The molecule has 3 rings (SSSR count). The minimum absolute atomic E-state index is 0.590. The third-order valence-electron chi connectivity index (χ3n) is 5.45. The molecule has 0 radical (unpaired) electrons. The van der Waals surface area contributed by atoms with Crippen molar-refractivity contribution >= 4 is 0 Å². The summed E-state index contributed by atoms with van der Waals surface area (Å²) in [4.78, 5) is 5.54. The van der Waals surface area contributed by atoms with Crippen molar-refractivity contribution in [3.05, 3.63) is 35.9 Å². The van der Waals surface area contributed by atoms with Crippen molar-refractivity contribution in [2.75, 3.05) is 19.6 Å². The fourth-order valence-corrected chi connectivity index (χ4v) is 4.16. The highest BCUT2D eigenvalue weighted by atomic mass is 15.3. The first-order valence-corrected chi connectivity index (χ1v) is 8.84. The predicted octanol–water partition coefficient (Wildman–Crippen LogP) is 4.09. The average molecular weight is 286 g/mol. The molecule has 0 amide bonds. The van der Waals surface area contributed by atoms with E-state index in [1.165, 1.54) is 57.3 Å². The number of rotatable bonds is 5. The number of piperazine rings is 1. The molecule has 2 heterocycles. The summed E-state index contributed by atoms with van der Waals surface area (Å²) in [6.07, 6.45) is 6.80. The molecule has 2 aliphatic heterocycles. The van der Waals surface area contributed by atoms with Crippen LogP contribution >= 0.6 is 0 Å². The molecule has 116 valence electrons. The molecule has 0 saturated carbocycles. The van der Waals surface area contributed by atoms with Crippen LogP contribution in [0.15, 0.2) is 30.3 Å². The van der Waals surface area contributed by atoms with Gasteiger partial charge in [-0.05, 0) is 38.3 Å². The second kappa shape index (κ2) is 6.93. The van der Waals surface area contributed by atoms with E-state index in [-0.39, 0.29) is 0 Å². The van der Waals surface area contributed by atoms with Crippen LogP contribution in [0.25, 0.3) is 0 Å². The summed E-state index contributed by atoms with van der Waals surface area (Å²) in [6.45, 7) is 8.55. The summed E-state index contributed by atoms with van der Waals surface area (Å²) in [5, 5.41) is 0. The Kier molecular flexibility index (Phi) is 4.97. The maximum absolute atomic E-state index is 2.80. The van der Waals surface area contributed by atoms with E-state index < -0.39 is 0 Å². The van der Waals surface area contributed by atoms with Crippen molar-refractivity contribution in [3.63, 3.8) is 0 Å². The Morgan fingerprint density at radius 3 is 2.76 bits per heavy atom. The van der Waals surface area contributed by atoms with Crippen LogP contribution in [0.3, 0.4) is 0 Å². The zero-order valence-corrected chi connectivity index (χ0v) is 13.7. The third kappa shape index (κ3) is 3.32. The first kappa shape index (κ1) is 15.1. The van der Waals surface area contributed by atoms with Gasteiger partial charge < -0.3 is 0 Å². The van der Waals surface area contributed by atoms with E-state index in [2.05, 4.69) is 54.0 Å². The summed E-state index contributed by atoms with van der Waals surface area (Å²) >= 11 is 0. The van der Waals surface area contributed by atoms with Gasteiger partial charge in [0, 0.05) is 31.2 Å². The van der Waals surface area contributed by atoms with E-state index in [1.807, 2.05) is 0 Å². The van der Waals surface area contributed by atoms with Gasteiger partial charge in [0.05, 0.1) is 0 Å². The van der Waals surface area contributed by atoms with E-state index in [0.717, 1.165) is 6.04 Å². The van der Waals surface area contributed by atoms with Crippen LogP contribution in [0, 0.1) is 0 Å². The van der Waals surface area contributed by atoms with E-state index in [0.29, 0.717) is 12.1 Å². The highest BCUT2D eigenvalue weighted by Crippen LogP contribution is 2.34. The molecule has 2 aliphatic rings. The van der Waals surface area contributed by atoms with Crippen molar-refractivity contribution in [3.8, 4) is 0 Å². The maximum atomic E-state index is 2.80. The molecule has 1 aromatic carbocycles. The molecule has 0 spiro atoms. The van der Waals surface area contributed by atoms with Gasteiger partial charge in [-0.15, -0.1) is 0 Å². The van der Waals surface area contributed by atoms with Crippen molar-refractivity contribution in [1.82, 2.24) is 9.80 Å². The third-order valence-corrected chi connectivity index (χ3v) is 5.45. The van der Waals surface area contributed by atoms with Gasteiger partial charge in [-0.1, -0.05) is 50.1 Å². The molecule has 0 bridgehead atoms. The molecule has 3 atom stereocenters. The minimum atomic E-state index is 0.590. The van der Waals surface area contributed by atoms with Gasteiger partial charge in [-0.3, -0.25) is 9.80 Å². The van der Waals surface area contributed by atoms with Gasteiger partial charge >= 0.3 is 0 Å². The summed E-state index contributed by atoms with van der Waals surface area (Å²) in [5.41, 5.74) is 1.51. The Labute approximate surface area is 130 Å². The van der Waals surface area contributed by atoms with Crippen LogP contribution in [-0.4, -0.2) is 41.5 Å². The van der Waals surface area contributed by atoms with Gasteiger partial charge in [-0.25, -0.2) is 0 Å². The van der Waals surface area contributed by atoms with E-state index >= 15 is 0 Å². The molecule has 0 N–H and O–H groups in total. The zero-order chi connectivity index (χ0) is 14.7. The highest BCUT2D eigenvalue weighted by molar-refractivity contribution is 5.21. The Morgan fingerprint density at radius 1 is 1.19 bits per heavy atom. The lowest BCUT2D eigenvalue weighted by atomic mass is 9.96. The Hall–Kier alpha value is -0.860. The van der Waals surface area contributed by atoms with Gasteiger partial charge in [0.1, 0.15) is 0 Å². The lowest BCUT2D eigenvalue weighted by Gasteiger charge is -2.46. The van der Waals surface area contributed by atoms with E-state index in [9.17, 15) is 0 Å². The van der Waals surface area contributed by atoms with Crippen LogP contribution in [-0.2, 0) is 0 Å². The van der Waals surface area contributed by atoms with Gasteiger partial charge in [0.2, 0.25) is 0 Å². The van der Waals surface area contributed by atoms with Crippen molar-refractivity contribution in [2.45, 2.75) is 64.1 Å². The molecular formula is C19H30N2. The molecule has 21 heavy (non-hydrogen) atoms. The number of hydrogen-bond acceptors (Lipinski definition) is 2. The normalized spacial score (nSPS) is 28.5. The fourth-order valence-electron chi connectivity index (χ4n) is 4.16. The molecule has 2 heteroatoms. The first-order valence-electron chi connectivity index (χ1n) is 8.84. The smallest absolute Gasteiger partial charge is 0.0478 e. The largest absolute Gasteiger partial charge is 0.297 e. The number of fused-ring (bicyclic) bond motifs is 1. The SMILES string of the molecule is CCCCC(C)N1CC2CCCN2CC1c1ccccc1. The second-order valence-corrected chi connectivity index (χ2v) is 6.91. The average Bonchev–Trinajstić information content (AvgIpc) is 2.99. The van der Waals surface area contributed by atoms with E-state index in [1.54, 1.807) is 0 Å². The number of unbranched alkanes of at least 4 members (excludes halogenated alkanes) is 1. The molecule has 3 unspecified atom stereocenters. The first-order chi connectivity index (χ1) is 10.3. The molecule has 2 fully saturated rings. The van der Waals surface area contributed by atoms with Crippen LogP contribution in [0.4, 0.5) is 0 Å². The Bertz CT molecular complexity index is 430. The maximum Gasteiger partial charge on any atom is 0.0478 e. The van der Waals surface area contributed by atoms with Crippen molar-refractivity contribution in [2.24, 2.45) is 0 Å². The van der Waals surface area contributed by atoms with Crippen LogP contribution in [0.1, 0.15) is 57.6 Å². The van der Waals surface area contributed by atoms with Crippen molar-refractivity contribution < 1.29 is 0 Å². The second-order valence-electron chi connectivity index (χ2n) is 6.91. The Balaban J connectivity index is 1.78. The molecule has 2 nitrogen and oxygen atoms in total. The molecular weight excluding hydrogens is 256 g/mol. The topological polar surface area (TPSA) is 6.48 Å². The molecule has 1 aromatic rings. The zero-order valence-electron chi connectivity index (χ0n) is 13.7. The number of hydrogen-bond donors (Lipinski definition) is 0. The fraction of sp³-hybridized carbons (Fsp3) is 0.684. The van der Waals surface area contributed by atoms with Crippen LogP contribution in [0.5, 0.6) is 0 Å². The Morgan fingerprint density at radius 2 is 2.00 bits per heavy atom. The molecule has 0 aliphatic carbocycles. The quantitative estimate of drug-likeness (QED) is 0.804. The molecule has 0 aromatic heterocycles. The van der Waals surface area contributed by atoms with Gasteiger partial charge in [0.15, 0.2) is 0 Å². The van der Waals surface area contributed by atoms with Crippen LogP contribution < -0.4 is 0 Å².